The van der Waals surface area contributed by atoms with E-state index < -0.39 is 0 Å². The van der Waals surface area contributed by atoms with E-state index in [4.69, 9.17) is 4.42 Å². The quantitative estimate of drug-likeness (QED) is 0.783. The largest absolute Gasteiger partial charge is 0.454 e. The lowest BCUT2D eigenvalue weighted by atomic mass is 10.1. The molecule has 2 aromatic heterocycles. The summed E-state index contributed by atoms with van der Waals surface area (Å²) in [5.41, 5.74) is 2.97. The van der Waals surface area contributed by atoms with Crippen LogP contribution < -0.4 is 5.32 Å². The first-order chi connectivity index (χ1) is 10.3. The Kier molecular flexibility index (Phi) is 2.88. The Morgan fingerprint density at radius 1 is 1.24 bits per heavy atom. The van der Waals surface area contributed by atoms with Crippen LogP contribution in [0.4, 0.5) is 5.95 Å². The predicted molar refractivity (Wildman–Crippen MR) is 83.3 cm³/mol. The van der Waals surface area contributed by atoms with Gasteiger partial charge in [-0.2, -0.15) is 0 Å². The average Bonchev–Trinajstić information content (AvgIpc) is 3.25. The first-order valence-corrected chi connectivity index (χ1v) is 7.45. The van der Waals surface area contributed by atoms with Crippen LogP contribution in [0.3, 0.4) is 0 Å². The Morgan fingerprint density at radius 2 is 2.10 bits per heavy atom. The maximum atomic E-state index is 6.03. The third kappa shape index (κ3) is 2.27. The van der Waals surface area contributed by atoms with E-state index in [2.05, 4.69) is 28.3 Å². The molecule has 0 unspecified atom stereocenters. The number of para-hydroxylation sites is 1. The standard InChI is InChI=1S/C17H17N3O/c1-2-12-13-5-3-4-6-15(13)21-16(12)14-9-10-18-17(20-14)19-11-7-8-11/h3-6,9-11H,2,7-8H2,1H3,(H,18,19,20). The highest BCUT2D eigenvalue weighted by molar-refractivity contribution is 5.87. The van der Waals surface area contributed by atoms with Gasteiger partial charge in [0.1, 0.15) is 11.3 Å². The third-order valence-corrected chi connectivity index (χ3v) is 3.85. The van der Waals surface area contributed by atoms with Crippen molar-refractivity contribution in [1.29, 1.82) is 0 Å². The summed E-state index contributed by atoms with van der Waals surface area (Å²) in [4.78, 5) is 8.90. The van der Waals surface area contributed by atoms with Gasteiger partial charge >= 0.3 is 0 Å². The lowest BCUT2D eigenvalue weighted by Gasteiger charge is -2.04. The van der Waals surface area contributed by atoms with Crippen LogP contribution in [0.25, 0.3) is 22.4 Å². The van der Waals surface area contributed by atoms with Gasteiger partial charge in [-0.25, -0.2) is 9.97 Å². The molecule has 1 aromatic carbocycles. The Bertz CT molecular complexity index is 790. The molecule has 1 N–H and O–H groups in total. The first kappa shape index (κ1) is 12.4. The number of benzene rings is 1. The molecule has 0 atom stereocenters. The van der Waals surface area contributed by atoms with Crippen molar-refractivity contribution in [3.8, 4) is 11.5 Å². The summed E-state index contributed by atoms with van der Waals surface area (Å²) in [5.74, 6) is 1.55. The van der Waals surface area contributed by atoms with Crippen molar-refractivity contribution in [3.05, 3.63) is 42.1 Å². The summed E-state index contributed by atoms with van der Waals surface area (Å²) in [7, 11) is 0. The number of hydrogen-bond donors (Lipinski definition) is 1. The highest BCUT2D eigenvalue weighted by Crippen LogP contribution is 2.33. The molecule has 1 aliphatic rings. The van der Waals surface area contributed by atoms with Crippen LogP contribution in [0.1, 0.15) is 25.3 Å². The molecule has 4 heteroatoms. The minimum absolute atomic E-state index is 0.543. The molecule has 4 nitrogen and oxygen atoms in total. The number of furan rings is 1. The van der Waals surface area contributed by atoms with Gasteiger partial charge in [0, 0.05) is 23.2 Å². The highest BCUT2D eigenvalue weighted by Gasteiger charge is 2.22. The van der Waals surface area contributed by atoms with Gasteiger partial charge in [-0.1, -0.05) is 25.1 Å². The summed E-state index contributed by atoms with van der Waals surface area (Å²) in [5, 5.41) is 4.50. The fraction of sp³-hybridized carbons (Fsp3) is 0.294. The average molecular weight is 279 g/mol. The van der Waals surface area contributed by atoms with E-state index in [1.165, 1.54) is 23.8 Å². The van der Waals surface area contributed by atoms with Crippen LogP contribution >= 0.6 is 0 Å². The Hall–Kier alpha value is -2.36. The van der Waals surface area contributed by atoms with Crippen LogP contribution in [0.2, 0.25) is 0 Å². The van der Waals surface area contributed by atoms with Crippen LogP contribution in [0.5, 0.6) is 0 Å². The number of aromatic nitrogens is 2. The topological polar surface area (TPSA) is 51.0 Å². The minimum atomic E-state index is 0.543. The molecule has 1 fully saturated rings. The zero-order valence-electron chi connectivity index (χ0n) is 12.0. The van der Waals surface area contributed by atoms with E-state index in [-0.39, 0.29) is 0 Å². The molecule has 0 bridgehead atoms. The molecule has 3 aromatic rings. The number of fused-ring (bicyclic) bond motifs is 1. The maximum Gasteiger partial charge on any atom is 0.223 e. The van der Waals surface area contributed by atoms with Crippen molar-refractivity contribution in [3.63, 3.8) is 0 Å². The van der Waals surface area contributed by atoms with Gasteiger partial charge in [0.25, 0.3) is 0 Å². The molecule has 1 aliphatic carbocycles. The van der Waals surface area contributed by atoms with Crippen molar-refractivity contribution in [2.45, 2.75) is 32.2 Å². The summed E-state index contributed by atoms with van der Waals surface area (Å²) in [6.45, 7) is 2.14. The van der Waals surface area contributed by atoms with Gasteiger partial charge in [-0.3, -0.25) is 0 Å². The fourth-order valence-corrected chi connectivity index (χ4v) is 2.62. The number of hydrogen-bond acceptors (Lipinski definition) is 4. The van der Waals surface area contributed by atoms with Crippen molar-refractivity contribution in [2.75, 3.05) is 5.32 Å². The third-order valence-electron chi connectivity index (χ3n) is 3.85. The maximum absolute atomic E-state index is 6.03. The summed E-state index contributed by atoms with van der Waals surface area (Å²) < 4.78 is 6.03. The monoisotopic (exact) mass is 279 g/mol. The first-order valence-electron chi connectivity index (χ1n) is 7.45. The van der Waals surface area contributed by atoms with E-state index in [1.807, 2.05) is 24.3 Å². The van der Waals surface area contributed by atoms with Crippen molar-refractivity contribution in [1.82, 2.24) is 9.97 Å². The van der Waals surface area contributed by atoms with E-state index in [9.17, 15) is 0 Å². The van der Waals surface area contributed by atoms with E-state index in [1.54, 1.807) is 6.20 Å². The van der Waals surface area contributed by atoms with Crippen LogP contribution in [0.15, 0.2) is 40.9 Å². The number of aryl methyl sites for hydroxylation is 1. The summed E-state index contributed by atoms with van der Waals surface area (Å²) >= 11 is 0. The zero-order chi connectivity index (χ0) is 14.2. The second-order valence-electron chi connectivity index (χ2n) is 5.44. The second kappa shape index (κ2) is 4.88. The predicted octanol–water partition coefficient (Wildman–Crippen LogP) is 4.03. The van der Waals surface area contributed by atoms with Gasteiger partial charge < -0.3 is 9.73 Å². The summed E-state index contributed by atoms with van der Waals surface area (Å²) in [6, 6.07) is 10.6. The zero-order valence-corrected chi connectivity index (χ0v) is 12.0. The Labute approximate surface area is 123 Å². The molecular formula is C17H17N3O. The molecular weight excluding hydrogens is 262 g/mol. The SMILES string of the molecule is CCc1c(-c2ccnc(NC3CC3)n2)oc2ccccc12. The molecule has 0 spiro atoms. The van der Waals surface area contributed by atoms with Crippen molar-refractivity contribution >= 4 is 16.9 Å². The molecule has 2 heterocycles. The van der Waals surface area contributed by atoms with E-state index >= 15 is 0 Å². The number of nitrogens with one attached hydrogen (secondary N) is 1. The number of rotatable bonds is 4. The van der Waals surface area contributed by atoms with E-state index in [0.29, 0.717) is 12.0 Å². The molecule has 4 rings (SSSR count). The number of anilines is 1. The van der Waals surface area contributed by atoms with Crippen LogP contribution in [-0.4, -0.2) is 16.0 Å². The van der Waals surface area contributed by atoms with Gasteiger partial charge in [0.15, 0.2) is 5.76 Å². The summed E-state index contributed by atoms with van der Waals surface area (Å²) in [6.07, 6.45) is 5.12. The molecule has 106 valence electrons. The fourth-order valence-electron chi connectivity index (χ4n) is 2.62. The van der Waals surface area contributed by atoms with Gasteiger partial charge in [0.05, 0.1) is 0 Å². The van der Waals surface area contributed by atoms with Gasteiger partial charge in [0.2, 0.25) is 5.95 Å². The number of nitrogens with zero attached hydrogens (tertiary/aromatic N) is 2. The minimum Gasteiger partial charge on any atom is -0.454 e. The highest BCUT2D eigenvalue weighted by atomic mass is 16.3. The lowest BCUT2D eigenvalue weighted by molar-refractivity contribution is 0.624. The molecule has 1 saturated carbocycles. The smallest absolute Gasteiger partial charge is 0.223 e. The molecule has 0 saturated heterocycles. The van der Waals surface area contributed by atoms with Crippen LogP contribution in [-0.2, 0) is 6.42 Å². The Balaban J connectivity index is 1.81. The van der Waals surface area contributed by atoms with Gasteiger partial charge in [-0.05, 0) is 31.4 Å². The Morgan fingerprint density at radius 3 is 2.90 bits per heavy atom. The van der Waals surface area contributed by atoms with Crippen LogP contribution in [0, 0.1) is 0 Å². The molecule has 0 radical (unpaired) electrons. The van der Waals surface area contributed by atoms with Crippen molar-refractivity contribution < 1.29 is 4.42 Å². The van der Waals surface area contributed by atoms with Crippen molar-refractivity contribution in [2.24, 2.45) is 0 Å². The normalized spacial score (nSPS) is 14.5. The molecule has 21 heavy (non-hydrogen) atoms. The van der Waals surface area contributed by atoms with Gasteiger partial charge in [-0.15, -0.1) is 0 Å². The second-order valence-corrected chi connectivity index (χ2v) is 5.44. The van der Waals surface area contributed by atoms with E-state index in [0.717, 1.165) is 23.5 Å². The molecule has 0 amide bonds. The lowest BCUT2D eigenvalue weighted by Crippen LogP contribution is -2.05. The molecule has 0 aliphatic heterocycles.